The molecule has 0 spiro atoms. The molecule has 18 heavy (non-hydrogen) atoms. The van der Waals surface area contributed by atoms with Crippen LogP contribution >= 0.6 is 0 Å². The third-order valence-corrected chi connectivity index (χ3v) is 4.14. The summed E-state index contributed by atoms with van der Waals surface area (Å²) in [6.07, 6.45) is 6.93. The monoisotopic (exact) mass is 245 g/mol. The smallest absolute Gasteiger partial charge is 0.000824 e. The molecule has 0 radical (unpaired) electrons. The molecule has 1 aliphatic carbocycles. The first-order valence-electron chi connectivity index (χ1n) is 7.55. The average Bonchev–Trinajstić information content (AvgIpc) is 2.88. The number of nitrogens with one attached hydrogen (secondary N) is 1. The Morgan fingerprint density at radius 2 is 1.78 bits per heavy atom. The van der Waals surface area contributed by atoms with E-state index in [1.54, 1.807) is 0 Å². The van der Waals surface area contributed by atoms with Gasteiger partial charge in [0.1, 0.15) is 0 Å². The van der Waals surface area contributed by atoms with E-state index >= 15 is 0 Å². The van der Waals surface area contributed by atoms with Gasteiger partial charge in [-0.1, -0.05) is 51.0 Å². The van der Waals surface area contributed by atoms with Gasteiger partial charge in [0, 0.05) is 0 Å². The zero-order valence-electron chi connectivity index (χ0n) is 11.9. The maximum Gasteiger partial charge on any atom is -0.000824 e. The molecule has 0 aromatic heterocycles. The molecule has 1 heteroatoms. The summed E-state index contributed by atoms with van der Waals surface area (Å²) < 4.78 is 0. The van der Waals surface area contributed by atoms with Gasteiger partial charge in [-0.2, -0.15) is 0 Å². The molecule has 0 unspecified atom stereocenters. The van der Waals surface area contributed by atoms with Crippen molar-refractivity contribution in [1.82, 2.24) is 5.32 Å². The third kappa shape index (κ3) is 4.13. The second-order valence-corrected chi connectivity index (χ2v) is 6.00. The molecular formula is C17H27N. The van der Waals surface area contributed by atoms with Crippen molar-refractivity contribution in [3.8, 4) is 0 Å². The molecule has 0 amide bonds. The largest absolute Gasteiger partial charge is 0.316 e. The molecule has 1 aromatic rings. The van der Waals surface area contributed by atoms with E-state index in [-0.39, 0.29) is 0 Å². The molecule has 2 rings (SSSR count). The van der Waals surface area contributed by atoms with Crippen LogP contribution in [0.4, 0.5) is 0 Å². The Balaban J connectivity index is 1.66. The Hall–Kier alpha value is -0.820. The number of rotatable bonds is 6. The number of hydrogen-bond acceptors (Lipinski definition) is 1. The molecule has 100 valence electrons. The number of hydrogen-bond donors (Lipinski definition) is 1. The summed E-state index contributed by atoms with van der Waals surface area (Å²) in [4.78, 5) is 0. The van der Waals surface area contributed by atoms with Gasteiger partial charge >= 0.3 is 0 Å². The van der Waals surface area contributed by atoms with Crippen LogP contribution in [0.1, 0.15) is 56.6 Å². The van der Waals surface area contributed by atoms with Gasteiger partial charge in [0.2, 0.25) is 0 Å². The second kappa shape index (κ2) is 6.94. The lowest BCUT2D eigenvalue weighted by Gasteiger charge is -2.11. The van der Waals surface area contributed by atoms with Crippen LogP contribution in [0.2, 0.25) is 0 Å². The fourth-order valence-electron chi connectivity index (χ4n) is 2.82. The Kier molecular flexibility index (Phi) is 5.25. The van der Waals surface area contributed by atoms with Crippen LogP contribution in [0, 0.1) is 5.92 Å². The fraction of sp³-hybridized carbons (Fsp3) is 0.647. The molecule has 0 atom stereocenters. The molecule has 1 nitrogen and oxygen atoms in total. The predicted molar refractivity (Wildman–Crippen MR) is 79.1 cm³/mol. The Bertz CT molecular complexity index is 333. The second-order valence-electron chi connectivity index (χ2n) is 6.00. The maximum atomic E-state index is 3.61. The van der Waals surface area contributed by atoms with Gasteiger partial charge in [-0.15, -0.1) is 0 Å². The Morgan fingerprint density at radius 3 is 2.39 bits per heavy atom. The molecule has 0 aliphatic heterocycles. The van der Waals surface area contributed by atoms with Crippen LogP contribution in [0.15, 0.2) is 24.3 Å². The van der Waals surface area contributed by atoms with Crippen molar-refractivity contribution >= 4 is 0 Å². The van der Waals surface area contributed by atoms with Gasteiger partial charge in [-0.3, -0.25) is 0 Å². The fourth-order valence-corrected chi connectivity index (χ4v) is 2.82. The number of benzene rings is 1. The predicted octanol–water partition coefficient (Wildman–Crippen LogP) is 4.13. The summed E-state index contributed by atoms with van der Waals surface area (Å²) in [5, 5.41) is 3.61. The van der Waals surface area contributed by atoms with Crippen molar-refractivity contribution in [2.45, 2.75) is 51.9 Å². The van der Waals surface area contributed by atoms with E-state index in [0.29, 0.717) is 5.92 Å². The first-order chi connectivity index (χ1) is 8.75. The van der Waals surface area contributed by atoms with E-state index in [0.717, 1.165) is 18.9 Å². The van der Waals surface area contributed by atoms with Gasteiger partial charge in [0.15, 0.2) is 0 Å². The van der Waals surface area contributed by atoms with Gasteiger partial charge in [-0.25, -0.2) is 0 Å². The van der Waals surface area contributed by atoms with Crippen molar-refractivity contribution in [3.63, 3.8) is 0 Å². The van der Waals surface area contributed by atoms with Crippen LogP contribution in [0.25, 0.3) is 0 Å². The minimum Gasteiger partial charge on any atom is -0.316 e. The van der Waals surface area contributed by atoms with Gasteiger partial charge < -0.3 is 5.32 Å². The lowest BCUT2D eigenvalue weighted by atomic mass is 10.0. The van der Waals surface area contributed by atoms with Crippen molar-refractivity contribution in [2.75, 3.05) is 13.1 Å². The quantitative estimate of drug-likeness (QED) is 0.743. The highest BCUT2D eigenvalue weighted by molar-refractivity contribution is 5.24. The first-order valence-corrected chi connectivity index (χ1v) is 7.55. The first kappa shape index (κ1) is 13.6. The Morgan fingerprint density at radius 1 is 1.11 bits per heavy atom. The topological polar surface area (TPSA) is 12.0 Å². The maximum absolute atomic E-state index is 3.61. The summed E-state index contributed by atoms with van der Waals surface area (Å²) in [6, 6.07) is 9.12. The summed E-state index contributed by atoms with van der Waals surface area (Å²) in [5.41, 5.74) is 2.90. The molecule has 1 aliphatic rings. The minimum absolute atomic E-state index is 0.638. The van der Waals surface area contributed by atoms with Crippen LogP contribution in [-0.4, -0.2) is 13.1 Å². The molecule has 1 saturated carbocycles. The zero-order valence-corrected chi connectivity index (χ0v) is 11.9. The molecular weight excluding hydrogens is 218 g/mol. The summed E-state index contributed by atoms with van der Waals surface area (Å²) in [6.45, 7) is 6.85. The van der Waals surface area contributed by atoms with Gasteiger partial charge in [0.25, 0.3) is 0 Å². The normalized spacial score (nSPS) is 16.6. The Labute approximate surface area is 112 Å². The summed E-state index contributed by atoms with van der Waals surface area (Å²) in [7, 11) is 0. The average molecular weight is 245 g/mol. The van der Waals surface area contributed by atoms with E-state index < -0.39 is 0 Å². The van der Waals surface area contributed by atoms with Crippen LogP contribution in [-0.2, 0) is 6.42 Å². The molecule has 1 aromatic carbocycles. The van der Waals surface area contributed by atoms with Crippen molar-refractivity contribution < 1.29 is 0 Å². The van der Waals surface area contributed by atoms with Gasteiger partial charge in [-0.05, 0) is 55.3 Å². The minimum atomic E-state index is 0.638. The molecule has 0 heterocycles. The van der Waals surface area contributed by atoms with Crippen molar-refractivity contribution in [2.24, 2.45) is 5.92 Å². The van der Waals surface area contributed by atoms with Crippen LogP contribution in [0.3, 0.4) is 0 Å². The van der Waals surface area contributed by atoms with Crippen LogP contribution in [0.5, 0.6) is 0 Å². The van der Waals surface area contributed by atoms with E-state index in [4.69, 9.17) is 0 Å². The molecule has 0 bridgehead atoms. The standard InChI is InChI=1S/C17H27N/c1-14(2)17-9-7-15(8-10-17)11-12-18-13-16-5-3-4-6-16/h7-10,14,16,18H,3-6,11-13H2,1-2H3. The summed E-state index contributed by atoms with van der Waals surface area (Å²) >= 11 is 0. The van der Waals surface area contributed by atoms with Gasteiger partial charge in [0.05, 0.1) is 0 Å². The molecule has 1 N–H and O–H groups in total. The molecule has 1 fully saturated rings. The lowest BCUT2D eigenvalue weighted by Crippen LogP contribution is -2.23. The van der Waals surface area contributed by atoms with E-state index in [1.807, 2.05) is 0 Å². The summed E-state index contributed by atoms with van der Waals surface area (Å²) in [5.74, 6) is 1.59. The third-order valence-electron chi connectivity index (χ3n) is 4.14. The van der Waals surface area contributed by atoms with Crippen LogP contribution < -0.4 is 5.32 Å². The highest BCUT2D eigenvalue weighted by Gasteiger charge is 2.13. The van der Waals surface area contributed by atoms with E-state index in [9.17, 15) is 0 Å². The van der Waals surface area contributed by atoms with Crippen molar-refractivity contribution in [1.29, 1.82) is 0 Å². The van der Waals surface area contributed by atoms with Crippen molar-refractivity contribution in [3.05, 3.63) is 35.4 Å². The molecule has 0 saturated heterocycles. The highest BCUT2D eigenvalue weighted by atomic mass is 14.9. The van der Waals surface area contributed by atoms with E-state index in [1.165, 1.54) is 43.4 Å². The SMILES string of the molecule is CC(C)c1ccc(CCNCC2CCCC2)cc1. The lowest BCUT2D eigenvalue weighted by molar-refractivity contribution is 0.492. The zero-order chi connectivity index (χ0) is 12.8. The highest BCUT2D eigenvalue weighted by Crippen LogP contribution is 2.23. The van der Waals surface area contributed by atoms with E-state index in [2.05, 4.69) is 43.4 Å².